The lowest BCUT2D eigenvalue weighted by molar-refractivity contribution is -0.120. The van der Waals surface area contributed by atoms with Gasteiger partial charge in [0.1, 0.15) is 0 Å². The molecule has 1 atom stereocenters. The molecular formula is C16H18N2O2S. The second-order valence-electron chi connectivity index (χ2n) is 4.57. The summed E-state index contributed by atoms with van der Waals surface area (Å²) in [5.41, 5.74) is 1.04. The number of carbonyl (C=O) groups excluding carboxylic acids is 1. The van der Waals surface area contributed by atoms with Crippen molar-refractivity contribution in [3.63, 3.8) is 0 Å². The second kappa shape index (κ2) is 8.32. The van der Waals surface area contributed by atoms with Crippen molar-refractivity contribution in [3.8, 4) is 0 Å². The number of pyridine rings is 1. The Morgan fingerprint density at radius 1 is 1.14 bits per heavy atom. The van der Waals surface area contributed by atoms with E-state index in [9.17, 15) is 9.00 Å². The van der Waals surface area contributed by atoms with Gasteiger partial charge in [0.05, 0.1) is 10.8 Å². The number of aryl methyl sites for hydroxylation is 1. The first-order valence-electron chi connectivity index (χ1n) is 6.85. The summed E-state index contributed by atoms with van der Waals surface area (Å²) in [6.45, 7) is 0.424. The summed E-state index contributed by atoms with van der Waals surface area (Å²) in [5, 5.41) is 2.80. The molecule has 5 heteroatoms. The summed E-state index contributed by atoms with van der Waals surface area (Å²) in [6.07, 6.45) is 4.56. The van der Waals surface area contributed by atoms with Gasteiger partial charge in [-0.3, -0.25) is 14.0 Å². The van der Waals surface area contributed by atoms with Crippen LogP contribution in [0.5, 0.6) is 0 Å². The lowest BCUT2D eigenvalue weighted by Crippen LogP contribution is -2.27. The first-order chi connectivity index (χ1) is 10.3. The van der Waals surface area contributed by atoms with E-state index in [0.29, 0.717) is 25.1 Å². The van der Waals surface area contributed by atoms with Gasteiger partial charge in [0.15, 0.2) is 0 Å². The summed E-state index contributed by atoms with van der Waals surface area (Å²) in [4.78, 5) is 16.5. The molecule has 0 aliphatic carbocycles. The Bertz CT molecular complexity index is 588. The lowest BCUT2D eigenvalue weighted by atomic mass is 10.1. The van der Waals surface area contributed by atoms with Crippen LogP contribution in [-0.4, -0.2) is 27.4 Å². The van der Waals surface area contributed by atoms with Gasteiger partial charge in [-0.1, -0.05) is 24.3 Å². The minimum atomic E-state index is -1.06. The lowest BCUT2D eigenvalue weighted by Gasteiger charge is -2.05. The third kappa shape index (κ3) is 5.47. The molecule has 0 bridgehead atoms. The average Bonchev–Trinajstić information content (AvgIpc) is 2.54. The van der Waals surface area contributed by atoms with Crippen molar-refractivity contribution in [1.29, 1.82) is 0 Å². The standard InChI is InChI=1S/C16H18N2O2S/c19-16(9-8-14-5-4-10-17-13-14)18-11-12-21(20)15-6-2-1-3-7-15/h1-7,10,13H,8-9,11-12H2,(H,18,19). The Morgan fingerprint density at radius 3 is 2.67 bits per heavy atom. The molecule has 4 nitrogen and oxygen atoms in total. The summed E-state index contributed by atoms with van der Waals surface area (Å²) in [6, 6.07) is 13.1. The van der Waals surface area contributed by atoms with Crippen LogP contribution in [0.4, 0.5) is 0 Å². The maximum absolute atomic E-state index is 12.0. The maximum atomic E-state index is 12.0. The van der Waals surface area contributed by atoms with Gasteiger partial charge >= 0.3 is 0 Å². The van der Waals surface area contributed by atoms with Crippen LogP contribution >= 0.6 is 0 Å². The molecule has 0 saturated heterocycles. The Labute approximate surface area is 127 Å². The van der Waals surface area contributed by atoms with Crippen LogP contribution in [0.2, 0.25) is 0 Å². The summed E-state index contributed by atoms with van der Waals surface area (Å²) >= 11 is 0. The highest BCUT2D eigenvalue weighted by molar-refractivity contribution is 7.85. The van der Waals surface area contributed by atoms with Crippen LogP contribution < -0.4 is 5.32 Å². The van der Waals surface area contributed by atoms with Crippen LogP contribution in [0.3, 0.4) is 0 Å². The van der Waals surface area contributed by atoms with E-state index in [1.54, 1.807) is 12.4 Å². The SMILES string of the molecule is O=C(CCc1cccnc1)NCCS(=O)c1ccccc1. The van der Waals surface area contributed by atoms with Gasteiger partial charge in [0.2, 0.25) is 5.91 Å². The normalized spacial score (nSPS) is 11.8. The van der Waals surface area contributed by atoms with Crippen molar-refractivity contribution in [3.05, 3.63) is 60.4 Å². The molecule has 1 unspecified atom stereocenters. The zero-order valence-corrected chi connectivity index (χ0v) is 12.5. The van der Waals surface area contributed by atoms with E-state index in [4.69, 9.17) is 0 Å². The van der Waals surface area contributed by atoms with Crippen molar-refractivity contribution in [1.82, 2.24) is 10.3 Å². The Kier molecular flexibility index (Phi) is 6.09. The molecule has 0 fully saturated rings. The maximum Gasteiger partial charge on any atom is 0.220 e. The fourth-order valence-corrected chi connectivity index (χ4v) is 2.85. The molecule has 0 radical (unpaired) electrons. The molecule has 0 spiro atoms. The number of nitrogens with zero attached hydrogens (tertiary/aromatic N) is 1. The number of aromatic nitrogens is 1. The van der Waals surface area contributed by atoms with Gasteiger partial charge in [0, 0.05) is 36.0 Å². The predicted molar refractivity (Wildman–Crippen MR) is 83.3 cm³/mol. The number of carbonyl (C=O) groups is 1. The molecule has 1 aromatic heterocycles. The molecule has 2 rings (SSSR count). The first-order valence-corrected chi connectivity index (χ1v) is 8.16. The molecule has 1 heterocycles. The zero-order valence-electron chi connectivity index (χ0n) is 11.7. The number of hydrogen-bond acceptors (Lipinski definition) is 3. The third-order valence-corrected chi connectivity index (χ3v) is 4.35. The largest absolute Gasteiger partial charge is 0.355 e. The van der Waals surface area contributed by atoms with Crippen LogP contribution in [0.25, 0.3) is 0 Å². The molecule has 110 valence electrons. The topological polar surface area (TPSA) is 59.1 Å². The van der Waals surface area contributed by atoms with Crippen molar-refractivity contribution in [2.45, 2.75) is 17.7 Å². The van der Waals surface area contributed by atoms with E-state index in [0.717, 1.165) is 10.5 Å². The smallest absolute Gasteiger partial charge is 0.220 e. The van der Waals surface area contributed by atoms with E-state index >= 15 is 0 Å². The van der Waals surface area contributed by atoms with Gasteiger partial charge in [-0.05, 0) is 30.2 Å². The highest BCUT2D eigenvalue weighted by atomic mass is 32.2. The molecule has 2 aromatic rings. The quantitative estimate of drug-likeness (QED) is 0.850. The molecule has 0 aliphatic heterocycles. The van der Waals surface area contributed by atoms with E-state index in [-0.39, 0.29) is 5.91 Å². The van der Waals surface area contributed by atoms with Crippen LogP contribution in [-0.2, 0) is 22.0 Å². The number of nitrogens with one attached hydrogen (secondary N) is 1. The fraction of sp³-hybridized carbons (Fsp3) is 0.250. The van der Waals surface area contributed by atoms with Crippen molar-refractivity contribution < 1.29 is 9.00 Å². The highest BCUT2D eigenvalue weighted by Crippen LogP contribution is 2.05. The van der Waals surface area contributed by atoms with E-state index in [2.05, 4.69) is 10.3 Å². The number of hydrogen-bond donors (Lipinski definition) is 1. The second-order valence-corrected chi connectivity index (χ2v) is 6.14. The van der Waals surface area contributed by atoms with Gasteiger partial charge in [-0.25, -0.2) is 0 Å². The number of amides is 1. The molecule has 1 amide bonds. The van der Waals surface area contributed by atoms with Crippen molar-refractivity contribution >= 4 is 16.7 Å². The van der Waals surface area contributed by atoms with E-state index in [1.807, 2.05) is 42.5 Å². The van der Waals surface area contributed by atoms with Crippen LogP contribution in [0, 0.1) is 0 Å². The number of benzene rings is 1. The van der Waals surface area contributed by atoms with Crippen LogP contribution in [0.1, 0.15) is 12.0 Å². The average molecular weight is 302 g/mol. The monoisotopic (exact) mass is 302 g/mol. The molecule has 1 N–H and O–H groups in total. The number of rotatable bonds is 7. The Hall–Kier alpha value is -2.01. The van der Waals surface area contributed by atoms with Gasteiger partial charge in [0.25, 0.3) is 0 Å². The van der Waals surface area contributed by atoms with Crippen molar-refractivity contribution in [2.75, 3.05) is 12.3 Å². The summed E-state index contributed by atoms with van der Waals surface area (Å²) in [7, 11) is -1.06. The minimum Gasteiger partial charge on any atom is -0.355 e. The molecule has 1 aromatic carbocycles. The Balaban J connectivity index is 1.66. The fourth-order valence-electron chi connectivity index (χ4n) is 1.87. The van der Waals surface area contributed by atoms with Gasteiger partial charge in [-0.2, -0.15) is 0 Å². The minimum absolute atomic E-state index is 0.0242. The van der Waals surface area contributed by atoms with Gasteiger partial charge < -0.3 is 5.32 Å². The Morgan fingerprint density at radius 2 is 1.95 bits per heavy atom. The summed E-state index contributed by atoms with van der Waals surface area (Å²) < 4.78 is 12.0. The third-order valence-electron chi connectivity index (χ3n) is 2.98. The van der Waals surface area contributed by atoms with E-state index in [1.165, 1.54) is 0 Å². The predicted octanol–water partition coefficient (Wildman–Crippen LogP) is 1.94. The molecular weight excluding hydrogens is 284 g/mol. The molecule has 21 heavy (non-hydrogen) atoms. The van der Waals surface area contributed by atoms with E-state index < -0.39 is 10.8 Å². The van der Waals surface area contributed by atoms with Gasteiger partial charge in [-0.15, -0.1) is 0 Å². The highest BCUT2D eigenvalue weighted by Gasteiger charge is 2.05. The zero-order chi connectivity index (χ0) is 14.9. The van der Waals surface area contributed by atoms with Crippen LogP contribution in [0.15, 0.2) is 59.8 Å². The summed E-state index contributed by atoms with van der Waals surface area (Å²) in [5.74, 6) is 0.409. The molecule has 0 aliphatic rings. The van der Waals surface area contributed by atoms with Crippen molar-refractivity contribution in [2.24, 2.45) is 0 Å². The molecule has 0 saturated carbocycles. The first kappa shape index (κ1) is 15.4.